The standard InChI is InChI=1S/C32H30N6O3S3/c1-41-24-13-11-23(12-14-24)26-19-25(27-9-5-17-42-27)36-38(26)30(39)21-44-32-35-34-29(20-33-31(40)28-10-6-18-43-28)37(32)16-15-22-7-3-2-4-8-22/h2-14,17-18,26H,15-16,19-21H2,1H3,(H,33,40). The molecule has 3 aromatic heterocycles. The highest BCUT2D eigenvalue weighted by molar-refractivity contribution is 7.99. The number of hydrogen-bond acceptors (Lipinski definition) is 9. The fourth-order valence-corrected chi connectivity index (χ4v) is 7.13. The van der Waals surface area contributed by atoms with Gasteiger partial charge in [0.05, 0.1) is 40.9 Å². The molecule has 1 unspecified atom stereocenters. The van der Waals surface area contributed by atoms with Gasteiger partial charge >= 0.3 is 0 Å². The summed E-state index contributed by atoms with van der Waals surface area (Å²) in [5.41, 5.74) is 3.07. The molecule has 9 nitrogen and oxygen atoms in total. The van der Waals surface area contributed by atoms with Crippen LogP contribution in [0.4, 0.5) is 0 Å². The Balaban J connectivity index is 1.19. The zero-order valence-corrected chi connectivity index (χ0v) is 26.4. The first-order chi connectivity index (χ1) is 21.6. The summed E-state index contributed by atoms with van der Waals surface area (Å²) in [5, 5.41) is 22.7. The van der Waals surface area contributed by atoms with Crippen LogP contribution in [0.1, 0.15) is 44.0 Å². The van der Waals surface area contributed by atoms with E-state index >= 15 is 0 Å². The van der Waals surface area contributed by atoms with Crippen molar-refractivity contribution in [2.75, 3.05) is 12.9 Å². The average molecular weight is 643 g/mol. The molecule has 0 saturated heterocycles. The maximum Gasteiger partial charge on any atom is 0.261 e. The van der Waals surface area contributed by atoms with Gasteiger partial charge in [-0.1, -0.05) is 66.4 Å². The van der Waals surface area contributed by atoms with Gasteiger partial charge in [0.15, 0.2) is 11.0 Å². The number of benzene rings is 2. The Morgan fingerprint density at radius 3 is 2.50 bits per heavy atom. The van der Waals surface area contributed by atoms with E-state index in [0.717, 1.165) is 28.3 Å². The molecule has 6 rings (SSSR count). The summed E-state index contributed by atoms with van der Waals surface area (Å²) in [7, 11) is 1.64. The highest BCUT2D eigenvalue weighted by Crippen LogP contribution is 2.35. The maximum absolute atomic E-state index is 13.7. The summed E-state index contributed by atoms with van der Waals surface area (Å²) < 4.78 is 7.33. The molecule has 0 bridgehead atoms. The molecule has 2 aromatic carbocycles. The summed E-state index contributed by atoms with van der Waals surface area (Å²) in [6.07, 6.45) is 1.39. The van der Waals surface area contributed by atoms with E-state index in [1.165, 1.54) is 28.7 Å². The lowest BCUT2D eigenvalue weighted by atomic mass is 10.0. The largest absolute Gasteiger partial charge is 0.497 e. The number of aryl methyl sites for hydroxylation is 1. The molecule has 224 valence electrons. The van der Waals surface area contributed by atoms with Crippen molar-refractivity contribution >= 4 is 52.0 Å². The molecule has 0 aliphatic carbocycles. The van der Waals surface area contributed by atoms with Crippen LogP contribution < -0.4 is 10.1 Å². The third-order valence-electron chi connectivity index (χ3n) is 7.21. The van der Waals surface area contributed by atoms with E-state index in [9.17, 15) is 9.59 Å². The summed E-state index contributed by atoms with van der Waals surface area (Å²) in [4.78, 5) is 28.0. The van der Waals surface area contributed by atoms with Crippen molar-refractivity contribution in [3.8, 4) is 5.75 Å². The van der Waals surface area contributed by atoms with E-state index in [1.54, 1.807) is 29.5 Å². The number of methoxy groups -OCH3 is 1. The Morgan fingerprint density at radius 1 is 0.977 bits per heavy atom. The number of aromatic nitrogens is 3. The minimum atomic E-state index is -0.218. The van der Waals surface area contributed by atoms with E-state index in [-0.39, 0.29) is 30.2 Å². The molecule has 0 radical (unpaired) electrons. The Hall–Kier alpha value is -4.26. The van der Waals surface area contributed by atoms with Crippen molar-refractivity contribution in [1.29, 1.82) is 0 Å². The number of thiophene rings is 2. The first kappa shape index (κ1) is 29.8. The molecule has 1 N–H and O–H groups in total. The normalized spacial score (nSPS) is 14.4. The number of hydrazone groups is 1. The Kier molecular flexibility index (Phi) is 9.49. The lowest BCUT2D eigenvalue weighted by Crippen LogP contribution is -2.28. The van der Waals surface area contributed by atoms with Crippen molar-refractivity contribution in [2.45, 2.75) is 37.1 Å². The van der Waals surface area contributed by atoms with Gasteiger partial charge in [-0.2, -0.15) is 5.10 Å². The van der Waals surface area contributed by atoms with Gasteiger partial charge in [-0.25, -0.2) is 5.01 Å². The van der Waals surface area contributed by atoms with Crippen molar-refractivity contribution in [2.24, 2.45) is 5.10 Å². The second-order valence-electron chi connectivity index (χ2n) is 9.99. The van der Waals surface area contributed by atoms with Gasteiger partial charge in [-0.05, 0) is 52.6 Å². The minimum Gasteiger partial charge on any atom is -0.497 e. The Bertz CT molecular complexity index is 1720. The zero-order chi connectivity index (χ0) is 30.3. The smallest absolute Gasteiger partial charge is 0.261 e. The quantitative estimate of drug-likeness (QED) is 0.166. The number of carbonyl (C=O) groups is 2. The number of hydrogen-bond donors (Lipinski definition) is 1. The van der Waals surface area contributed by atoms with Crippen LogP contribution in [0.25, 0.3) is 0 Å². The first-order valence-electron chi connectivity index (χ1n) is 14.1. The molecule has 2 amide bonds. The van der Waals surface area contributed by atoms with Crippen molar-refractivity contribution < 1.29 is 14.3 Å². The highest BCUT2D eigenvalue weighted by Gasteiger charge is 2.33. The third-order valence-corrected chi connectivity index (χ3v) is 9.95. The topological polar surface area (TPSA) is 102 Å². The number of thioether (sulfide) groups is 1. The molecule has 1 atom stereocenters. The van der Waals surface area contributed by atoms with Crippen LogP contribution in [-0.2, 0) is 24.3 Å². The van der Waals surface area contributed by atoms with E-state index < -0.39 is 0 Å². The van der Waals surface area contributed by atoms with Gasteiger partial charge < -0.3 is 14.6 Å². The lowest BCUT2D eigenvalue weighted by Gasteiger charge is -2.22. The molecule has 1 aliphatic rings. The molecule has 5 aromatic rings. The van der Waals surface area contributed by atoms with Gasteiger partial charge in [0.1, 0.15) is 5.75 Å². The number of rotatable bonds is 12. The molecular weight excluding hydrogens is 613 g/mol. The van der Waals surface area contributed by atoms with E-state index in [2.05, 4.69) is 27.6 Å². The van der Waals surface area contributed by atoms with Crippen LogP contribution in [0.15, 0.2) is 99.9 Å². The number of amides is 2. The van der Waals surface area contributed by atoms with E-state index in [4.69, 9.17) is 9.84 Å². The fourth-order valence-electron chi connectivity index (χ4n) is 4.93. The van der Waals surface area contributed by atoms with Crippen LogP contribution in [-0.4, -0.2) is 50.2 Å². The van der Waals surface area contributed by atoms with Gasteiger partial charge in [0, 0.05) is 13.0 Å². The van der Waals surface area contributed by atoms with Crippen LogP contribution in [0, 0.1) is 0 Å². The fraction of sp³-hybridized carbons (Fsp3) is 0.219. The number of nitrogens with one attached hydrogen (secondary N) is 1. The predicted molar refractivity (Wildman–Crippen MR) is 174 cm³/mol. The number of nitrogens with zero attached hydrogens (tertiary/aromatic N) is 5. The van der Waals surface area contributed by atoms with Crippen molar-refractivity contribution in [1.82, 2.24) is 25.1 Å². The zero-order valence-electron chi connectivity index (χ0n) is 24.0. The minimum absolute atomic E-state index is 0.118. The number of carbonyl (C=O) groups excluding carboxylic acids is 2. The molecule has 1 aliphatic heterocycles. The second-order valence-corrected chi connectivity index (χ2v) is 12.8. The van der Waals surface area contributed by atoms with E-state index in [1.807, 2.05) is 76.0 Å². The maximum atomic E-state index is 13.7. The van der Waals surface area contributed by atoms with Gasteiger partial charge in [0.25, 0.3) is 11.8 Å². The van der Waals surface area contributed by atoms with E-state index in [0.29, 0.717) is 28.8 Å². The SMILES string of the molecule is COc1ccc(C2CC(c3cccs3)=NN2C(=O)CSc2nnc(CNC(=O)c3cccs3)n2CCc2ccccc2)cc1. The average Bonchev–Trinajstić information content (AvgIpc) is 3.89. The van der Waals surface area contributed by atoms with Crippen LogP contribution >= 0.6 is 34.4 Å². The van der Waals surface area contributed by atoms with Crippen molar-refractivity contribution in [3.63, 3.8) is 0 Å². The molecule has 0 spiro atoms. The first-order valence-corrected chi connectivity index (χ1v) is 16.8. The molecule has 0 fully saturated rings. The monoisotopic (exact) mass is 642 g/mol. The summed E-state index contributed by atoms with van der Waals surface area (Å²) >= 11 is 4.34. The molecule has 0 saturated carbocycles. The third kappa shape index (κ3) is 6.93. The Labute approximate surface area is 267 Å². The Morgan fingerprint density at radius 2 is 1.77 bits per heavy atom. The van der Waals surface area contributed by atoms with Crippen molar-refractivity contribution in [3.05, 3.63) is 116 Å². The molecule has 44 heavy (non-hydrogen) atoms. The van der Waals surface area contributed by atoms with Gasteiger partial charge in [0.2, 0.25) is 0 Å². The predicted octanol–water partition coefficient (Wildman–Crippen LogP) is 6.05. The molecule has 12 heteroatoms. The highest BCUT2D eigenvalue weighted by atomic mass is 32.2. The summed E-state index contributed by atoms with van der Waals surface area (Å²) in [5.74, 6) is 1.26. The van der Waals surface area contributed by atoms with Crippen LogP contribution in [0.5, 0.6) is 5.75 Å². The van der Waals surface area contributed by atoms with Gasteiger partial charge in [-0.3, -0.25) is 9.59 Å². The number of ether oxygens (including phenoxy) is 1. The molecular formula is C32H30N6O3S3. The lowest BCUT2D eigenvalue weighted by molar-refractivity contribution is -0.130. The second kappa shape index (κ2) is 14.0. The molecule has 4 heterocycles. The van der Waals surface area contributed by atoms with Crippen LogP contribution in [0.2, 0.25) is 0 Å². The summed E-state index contributed by atoms with van der Waals surface area (Å²) in [6.45, 7) is 0.837. The summed E-state index contributed by atoms with van der Waals surface area (Å²) in [6, 6.07) is 25.4. The van der Waals surface area contributed by atoms with Gasteiger partial charge in [-0.15, -0.1) is 32.9 Å². The van der Waals surface area contributed by atoms with Crippen LogP contribution in [0.3, 0.4) is 0 Å².